The van der Waals surface area contributed by atoms with Gasteiger partial charge in [-0.25, -0.2) is 0 Å². The normalized spacial score (nSPS) is 7.36. The fraction of sp³-hybridized carbons (Fsp3) is 0.143. The van der Waals surface area contributed by atoms with E-state index in [0.717, 1.165) is 5.75 Å². The Morgan fingerprint density at radius 1 is 1.18 bits per heavy atom. The van der Waals surface area contributed by atoms with E-state index < -0.39 is 0 Å². The Labute approximate surface area is 93.0 Å². The Balaban J connectivity index is 0. The summed E-state index contributed by atoms with van der Waals surface area (Å²) < 4.78 is 4.89. The molecule has 1 aromatic rings. The monoisotopic (exact) mass is 225 g/mol. The number of benzene rings is 1. The molecule has 4 heteroatoms. The third-order valence-corrected chi connectivity index (χ3v) is 1.09. The molecule has 0 aliphatic rings. The first kappa shape index (κ1) is 13.6. The first-order valence-corrected chi connectivity index (χ1v) is 2.68. The number of ether oxygens (including phenoxy) is 1. The summed E-state index contributed by atoms with van der Waals surface area (Å²) in [5, 5.41) is 0. The molecule has 1 N–H and O–H groups in total. The summed E-state index contributed by atoms with van der Waals surface area (Å²) in [6, 6.07) is 6.92. The zero-order chi connectivity index (χ0) is 6.69. The molecule has 0 bridgehead atoms. The van der Waals surface area contributed by atoms with Gasteiger partial charge in [0.25, 0.3) is 0 Å². The Hall–Kier alpha value is 0.0662. The fourth-order valence-corrected chi connectivity index (χ4v) is 0.591. The van der Waals surface area contributed by atoms with Crippen molar-refractivity contribution in [2.45, 2.75) is 0 Å². The molecule has 1 aromatic carbocycles. The molecule has 2 nitrogen and oxygen atoms in total. The molecule has 0 radical (unpaired) electrons. The first-order valence-electron chi connectivity index (χ1n) is 2.68. The molecule has 0 spiro atoms. The number of nitrogens with one attached hydrogen (secondary N) is 1. The van der Waals surface area contributed by atoms with Crippen molar-refractivity contribution in [3.63, 3.8) is 0 Å². The van der Waals surface area contributed by atoms with Gasteiger partial charge in [-0.15, -0.1) is 5.69 Å². The van der Waals surface area contributed by atoms with Crippen LogP contribution in [0.1, 0.15) is 0 Å². The summed E-state index contributed by atoms with van der Waals surface area (Å²) in [4.78, 5) is 0. The van der Waals surface area contributed by atoms with Crippen molar-refractivity contribution in [1.29, 1.82) is 0 Å². The fourth-order valence-electron chi connectivity index (χ4n) is 0.591. The maximum absolute atomic E-state index is 7.11. The van der Waals surface area contributed by atoms with Crippen LogP contribution in [-0.4, -0.2) is 30.2 Å². The standard InChI is InChI=1S/C7H8NO.BrH.Mg/c1-9-7-4-2-6(8)3-5-7;;/h2-5,8H,1H3;1H;/q-1;;+2/p-1. The first-order chi connectivity index (χ1) is 4.33. The summed E-state index contributed by atoms with van der Waals surface area (Å²) in [6.07, 6.45) is 0. The topological polar surface area (TPSA) is 33.0 Å². The maximum Gasteiger partial charge on any atom is 2.00 e. The van der Waals surface area contributed by atoms with Gasteiger partial charge in [-0.2, -0.15) is 0 Å². The minimum atomic E-state index is 0. The summed E-state index contributed by atoms with van der Waals surface area (Å²) in [5.41, 5.74) is 7.62. The summed E-state index contributed by atoms with van der Waals surface area (Å²) in [5.74, 6) is 0.797. The average molecular weight is 226 g/mol. The molecule has 0 aliphatic carbocycles. The largest absolute Gasteiger partial charge is 2.00 e. The van der Waals surface area contributed by atoms with Crippen LogP contribution in [0.25, 0.3) is 5.73 Å². The number of hydrogen-bond acceptors (Lipinski definition) is 1. The van der Waals surface area contributed by atoms with E-state index in [1.165, 1.54) is 0 Å². The van der Waals surface area contributed by atoms with Gasteiger partial charge in [0.2, 0.25) is 0 Å². The van der Waals surface area contributed by atoms with Crippen LogP contribution < -0.4 is 21.7 Å². The quantitative estimate of drug-likeness (QED) is 0.566. The van der Waals surface area contributed by atoms with Crippen LogP contribution in [0.3, 0.4) is 0 Å². The van der Waals surface area contributed by atoms with E-state index in [9.17, 15) is 0 Å². The van der Waals surface area contributed by atoms with Gasteiger partial charge in [0, 0.05) is 0 Å². The van der Waals surface area contributed by atoms with Gasteiger partial charge in [-0.05, 0) is 12.1 Å². The van der Waals surface area contributed by atoms with E-state index in [1.54, 1.807) is 31.4 Å². The van der Waals surface area contributed by atoms with Gasteiger partial charge in [0.15, 0.2) is 0 Å². The summed E-state index contributed by atoms with van der Waals surface area (Å²) in [7, 11) is 1.61. The van der Waals surface area contributed by atoms with Crippen molar-refractivity contribution in [2.24, 2.45) is 0 Å². The van der Waals surface area contributed by atoms with Gasteiger partial charge in [-0.3, -0.25) is 0 Å². The second kappa shape index (κ2) is 6.76. The van der Waals surface area contributed by atoms with Crippen molar-refractivity contribution in [3.8, 4) is 5.75 Å². The molecular weight excluding hydrogens is 218 g/mol. The second-order valence-electron chi connectivity index (χ2n) is 1.73. The molecule has 0 saturated carbocycles. The van der Waals surface area contributed by atoms with E-state index in [1.807, 2.05) is 0 Å². The Kier molecular flexibility index (Phi) is 8.38. The molecule has 0 amide bonds. The molecule has 0 aliphatic heterocycles. The summed E-state index contributed by atoms with van der Waals surface area (Å²) >= 11 is 0. The van der Waals surface area contributed by atoms with Gasteiger partial charge < -0.3 is 27.5 Å². The molecule has 0 aromatic heterocycles. The molecule has 0 atom stereocenters. The SMILES string of the molecule is COc1ccc([NH-])cc1.[Br-].[Mg+2]. The van der Waals surface area contributed by atoms with Crippen LogP contribution in [0.4, 0.5) is 5.69 Å². The van der Waals surface area contributed by atoms with Crippen LogP contribution in [0.15, 0.2) is 24.3 Å². The van der Waals surface area contributed by atoms with Crippen LogP contribution >= 0.6 is 0 Å². The maximum atomic E-state index is 7.11. The molecule has 0 saturated heterocycles. The zero-order valence-electron chi connectivity index (χ0n) is 6.30. The molecule has 11 heavy (non-hydrogen) atoms. The van der Waals surface area contributed by atoms with Crippen molar-refractivity contribution >= 4 is 28.7 Å². The van der Waals surface area contributed by atoms with Gasteiger partial charge in [-0.1, -0.05) is 12.1 Å². The second-order valence-corrected chi connectivity index (χ2v) is 1.73. The van der Waals surface area contributed by atoms with E-state index in [-0.39, 0.29) is 40.0 Å². The third-order valence-electron chi connectivity index (χ3n) is 1.09. The summed E-state index contributed by atoms with van der Waals surface area (Å²) in [6.45, 7) is 0. The van der Waals surface area contributed by atoms with Gasteiger partial charge in [0.1, 0.15) is 5.75 Å². The molecular formula is C7H8BrMgNO. The Bertz CT molecular complexity index is 190. The van der Waals surface area contributed by atoms with Crippen LogP contribution in [0.2, 0.25) is 0 Å². The zero-order valence-corrected chi connectivity index (χ0v) is 9.30. The number of hydrogen-bond donors (Lipinski definition) is 0. The number of rotatable bonds is 1. The van der Waals surface area contributed by atoms with E-state index >= 15 is 0 Å². The van der Waals surface area contributed by atoms with Crippen molar-refractivity contribution < 1.29 is 21.7 Å². The van der Waals surface area contributed by atoms with Crippen molar-refractivity contribution in [2.75, 3.05) is 7.11 Å². The van der Waals surface area contributed by atoms with Crippen LogP contribution in [0, 0.1) is 0 Å². The number of methoxy groups -OCH3 is 1. The van der Waals surface area contributed by atoms with Crippen molar-refractivity contribution in [3.05, 3.63) is 30.0 Å². The third kappa shape index (κ3) is 4.50. The predicted octanol–water partition coefficient (Wildman–Crippen LogP) is -0.998. The van der Waals surface area contributed by atoms with Crippen molar-refractivity contribution in [1.82, 2.24) is 0 Å². The molecule has 0 heterocycles. The van der Waals surface area contributed by atoms with Crippen LogP contribution in [0.5, 0.6) is 5.75 Å². The van der Waals surface area contributed by atoms with E-state index in [4.69, 9.17) is 10.5 Å². The number of halogens is 1. The molecule has 1 rings (SSSR count). The van der Waals surface area contributed by atoms with E-state index in [0.29, 0.717) is 5.69 Å². The Morgan fingerprint density at radius 3 is 2.00 bits per heavy atom. The van der Waals surface area contributed by atoms with Gasteiger partial charge >= 0.3 is 23.1 Å². The smallest absolute Gasteiger partial charge is 1.00 e. The van der Waals surface area contributed by atoms with Crippen LogP contribution in [-0.2, 0) is 0 Å². The van der Waals surface area contributed by atoms with E-state index in [2.05, 4.69) is 0 Å². The molecule has 0 unspecified atom stereocenters. The molecule has 56 valence electrons. The predicted molar refractivity (Wildman–Crippen MR) is 42.7 cm³/mol. The minimum Gasteiger partial charge on any atom is -1.00 e. The van der Waals surface area contributed by atoms with Gasteiger partial charge in [0.05, 0.1) is 7.11 Å². The Morgan fingerprint density at radius 2 is 1.64 bits per heavy atom. The molecule has 0 fully saturated rings. The average Bonchev–Trinajstić information content (AvgIpc) is 1.90. The minimum absolute atomic E-state index is 0.